The van der Waals surface area contributed by atoms with Crippen molar-refractivity contribution in [3.8, 4) is 5.75 Å². The molecule has 1 unspecified atom stereocenters. The Balaban J connectivity index is 2.23. The van der Waals surface area contributed by atoms with Gasteiger partial charge in [-0.3, -0.25) is 0 Å². The highest BCUT2D eigenvalue weighted by Gasteiger charge is 2.22. The van der Waals surface area contributed by atoms with Crippen LogP contribution in [0.15, 0.2) is 29.6 Å². The molecule has 2 rings (SSSR count). The number of rotatable bonds is 5. The van der Waals surface area contributed by atoms with Crippen LogP contribution < -0.4 is 10.1 Å². The molecule has 2 N–H and O–H groups in total. The van der Waals surface area contributed by atoms with Crippen LogP contribution in [-0.2, 0) is 4.79 Å². The van der Waals surface area contributed by atoms with Gasteiger partial charge < -0.3 is 15.2 Å². The predicted octanol–water partition coefficient (Wildman–Crippen LogP) is 2.70. The average Bonchev–Trinajstić information content (AvgIpc) is 2.82. The number of anilines is 1. The monoisotopic (exact) mass is 278 g/mol. The van der Waals surface area contributed by atoms with E-state index in [1.165, 1.54) is 11.3 Å². The van der Waals surface area contributed by atoms with Crippen molar-refractivity contribution in [3.05, 3.63) is 40.3 Å². The van der Waals surface area contributed by atoms with E-state index in [-0.39, 0.29) is 0 Å². The number of carboxylic acids is 1. The minimum atomic E-state index is -0.965. The lowest BCUT2D eigenvalue weighted by Gasteiger charge is -2.14. The zero-order valence-electron chi connectivity index (χ0n) is 10.6. The summed E-state index contributed by atoms with van der Waals surface area (Å²) in [6.07, 6.45) is 0. The number of carboxylic acid groups (broad SMARTS) is 1. The standard InChI is InChI=1S/C13H14N2O3S/c1-8-14-11(7-19-8)12(13(16)17)15-9-4-3-5-10(6-9)18-2/h3-7,12,15H,1-2H3,(H,16,17). The number of ether oxygens (including phenoxy) is 1. The van der Waals surface area contributed by atoms with E-state index in [0.717, 1.165) is 5.01 Å². The summed E-state index contributed by atoms with van der Waals surface area (Å²) in [6, 6.07) is 6.27. The van der Waals surface area contributed by atoms with Crippen LogP contribution in [-0.4, -0.2) is 23.2 Å². The van der Waals surface area contributed by atoms with E-state index < -0.39 is 12.0 Å². The van der Waals surface area contributed by atoms with E-state index >= 15 is 0 Å². The second-order valence-corrected chi connectivity index (χ2v) is 5.00. The fourth-order valence-corrected chi connectivity index (χ4v) is 2.29. The average molecular weight is 278 g/mol. The van der Waals surface area contributed by atoms with Gasteiger partial charge in [0.15, 0.2) is 6.04 Å². The largest absolute Gasteiger partial charge is 0.497 e. The highest BCUT2D eigenvalue weighted by Crippen LogP contribution is 2.24. The molecule has 19 heavy (non-hydrogen) atoms. The first kappa shape index (κ1) is 13.4. The van der Waals surface area contributed by atoms with Gasteiger partial charge in [0, 0.05) is 17.1 Å². The molecular weight excluding hydrogens is 264 g/mol. The number of hydrogen-bond donors (Lipinski definition) is 2. The van der Waals surface area contributed by atoms with Gasteiger partial charge in [-0.1, -0.05) is 6.07 Å². The topological polar surface area (TPSA) is 71.5 Å². The summed E-state index contributed by atoms with van der Waals surface area (Å²) in [5.74, 6) is -0.295. The summed E-state index contributed by atoms with van der Waals surface area (Å²) in [6.45, 7) is 1.85. The number of aromatic nitrogens is 1. The van der Waals surface area contributed by atoms with Gasteiger partial charge >= 0.3 is 5.97 Å². The Labute approximate surface area is 114 Å². The van der Waals surface area contributed by atoms with Crippen molar-refractivity contribution < 1.29 is 14.6 Å². The van der Waals surface area contributed by atoms with Gasteiger partial charge in [-0.2, -0.15) is 0 Å². The molecule has 1 aromatic carbocycles. The van der Waals surface area contributed by atoms with Crippen molar-refractivity contribution in [2.24, 2.45) is 0 Å². The number of nitrogens with one attached hydrogen (secondary N) is 1. The van der Waals surface area contributed by atoms with Crippen LogP contribution in [0.1, 0.15) is 16.7 Å². The van der Waals surface area contributed by atoms with Gasteiger partial charge in [0.1, 0.15) is 5.75 Å². The number of nitrogens with zero attached hydrogens (tertiary/aromatic N) is 1. The minimum Gasteiger partial charge on any atom is -0.497 e. The third-order valence-electron chi connectivity index (χ3n) is 2.56. The molecule has 0 radical (unpaired) electrons. The Kier molecular flexibility index (Phi) is 4.01. The molecular formula is C13H14N2O3S. The molecule has 0 saturated heterocycles. The van der Waals surface area contributed by atoms with Crippen molar-refractivity contribution in [2.75, 3.05) is 12.4 Å². The Hall–Kier alpha value is -2.08. The van der Waals surface area contributed by atoms with E-state index in [1.807, 2.05) is 6.92 Å². The summed E-state index contributed by atoms with van der Waals surface area (Å²) in [4.78, 5) is 15.6. The lowest BCUT2D eigenvalue weighted by atomic mass is 10.2. The molecule has 100 valence electrons. The number of hydrogen-bond acceptors (Lipinski definition) is 5. The maximum absolute atomic E-state index is 11.3. The van der Waals surface area contributed by atoms with Crippen LogP contribution in [0.25, 0.3) is 0 Å². The van der Waals surface area contributed by atoms with E-state index in [2.05, 4.69) is 10.3 Å². The van der Waals surface area contributed by atoms with Crippen molar-refractivity contribution in [1.29, 1.82) is 0 Å². The number of carbonyl (C=O) groups is 1. The normalized spacial score (nSPS) is 11.9. The molecule has 0 spiro atoms. The number of benzene rings is 1. The van der Waals surface area contributed by atoms with Gasteiger partial charge in [-0.15, -0.1) is 11.3 Å². The molecule has 6 heteroatoms. The maximum atomic E-state index is 11.3. The fourth-order valence-electron chi connectivity index (χ4n) is 1.65. The second kappa shape index (κ2) is 5.71. The second-order valence-electron chi connectivity index (χ2n) is 3.94. The highest BCUT2D eigenvalue weighted by molar-refractivity contribution is 7.09. The molecule has 0 aliphatic rings. The molecule has 0 saturated carbocycles. The lowest BCUT2D eigenvalue weighted by Crippen LogP contribution is -2.20. The summed E-state index contributed by atoms with van der Waals surface area (Å²) in [7, 11) is 1.57. The SMILES string of the molecule is COc1cccc(NC(C(=O)O)c2csc(C)n2)c1. The van der Waals surface area contributed by atoms with Gasteiger partial charge in [-0.25, -0.2) is 9.78 Å². The molecule has 0 bridgehead atoms. The molecule has 0 aliphatic heterocycles. The maximum Gasteiger partial charge on any atom is 0.332 e. The van der Waals surface area contributed by atoms with Crippen molar-refractivity contribution in [3.63, 3.8) is 0 Å². The Morgan fingerprint density at radius 2 is 2.32 bits per heavy atom. The molecule has 5 nitrogen and oxygen atoms in total. The first-order valence-corrected chi connectivity index (χ1v) is 6.53. The molecule has 0 fully saturated rings. The van der Waals surface area contributed by atoms with Gasteiger partial charge in [-0.05, 0) is 19.1 Å². The lowest BCUT2D eigenvalue weighted by molar-refractivity contribution is -0.138. The van der Waals surface area contributed by atoms with Crippen LogP contribution in [0.3, 0.4) is 0 Å². The van der Waals surface area contributed by atoms with Gasteiger partial charge in [0.05, 0.1) is 17.8 Å². The van der Waals surface area contributed by atoms with Crippen molar-refractivity contribution >= 4 is 23.0 Å². The molecule has 2 aromatic rings. The first-order chi connectivity index (χ1) is 9.10. The van der Waals surface area contributed by atoms with Gasteiger partial charge in [0.2, 0.25) is 0 Å². The number of aryl methyl sites for hydroxylation is 1. The molecule has 1 atom stereocenters. The smallest absolute Gasteiger partial charge is 0.332 e. The predicted molar refractivity (Wildman–Crippen MR) is 73.8 cm³/mol. The zero-order chi connectivity index (χ0) is 13.8. The van der Waals surface area contributed by atoms with E-state index in [0.29, 0.717) is 17.1 Å². The quantitative estimate of drug-likeness (QED) is 0.880. The Morgan fingerprint density at radius 1 is 1.53 bits per heavy atom. The number of aliphatic carboxylic acids is 1. The van der Waals surface area contributed by atoms with Gasteiger partial charge in [0.25, 0.3) is 0 Å². The molecule has 1 heterocycles. The number of methoxy groups -OCH3 is 1. The summed E-state index contributed by atoms with van der Waals surface area (Å²) < 4.78 is 5.11. The van der Waals surface area contributed by atoms with E-state index in [1.54, 1.807) is 36.8 Å². The van der Waals surface area contributed by atoms with Crippen molar-refractivity contribution in [1.82, 2.24) is 4.98 Å². The van der Waals surface area contributed by atoms with Crippen LogP contribution in [0.4, 0.5) is 5.69 Å². The van der Waals surface area contributed by atoms with E-state index in [9.17, 15) is 9.90 Å². The minimum absolute atomic E-state index is 0.512. The number of thiazole rings is 1. The van der Waals surface area contributed by atoms with Crippen LogP contribution in [0, 0.1) is 6.92 Å². The van der Waals surface area contributed by atoms with Crippen LogP contribution in [0.2, 0.25) is 0 Å². The first-order valence-electron chi connectivity index (χ1n) is 5.65. The zero-order valence-corrected chi connectivity index (χ0v) is 11.4. The summed E-state index contributed by atoms with van der Waals surface area (Å²) in [5, 5.41) is 14.8. The van der Waals surface area contributed by atoms with Crippen LogP contribution >= 0.6 is 11.3 Å². The third kappa shape index (κ3) is 3.23. The summed E-state index contributed by atoms with van der Waals surface area (Å²) in [5.41, 5.74) is 1.19. The fraction of sp³-hybridized carbons (Fsp3) is 0.231. The molecule has 0 amide bonds. The summed E-state index contributed by atoms with van der Waals surface area (Å²) >= 11 is 1.43. The Bertz CT molecular complexity index is 583. The molecule has 1 aromatic heterocycles. The van der Waals surface area contributed by atoms with Crippen LogP contribution in [0.5, 0.6) is 5.75 Å². The van der Waals surface area contributed by atoms with Crippen molar-refractivity contribution in [2.45, 2.75) is 13.0 Å². The van der Waals surface area contributed by atoms with E-state index in [4.69, 9.17) is 4.74 Å². The highest BCUT2D eigenvalue weighted by atomic mass is 32.1. The third-order valence-corrected chi connectivity index (χ3v) is 3.35. The Morgan fingerprint density at radius 3 is 2.89 bits per heavy atom. The molecule has 0 aliphatic carbocycles.